The Bertz CT molecular complexity index is 583. The van der Waals surface area contributed by atoms with E-state index in [-0.39, 0.29) is 6.04 Å². The van der Waals surface area contributed by atoms with Crippen molar-refractivity contribution in [2.75, 3.05) is 7.11 Å². The van der Waals surface area contributed by atoms with Gasteiger partial charge in [-0.3, -0.25) is 4.98 Å². The number of aryl methyl sites for hydroxylation is 1. The van der Waals surface area contributed by atoms with Gasteiger partial charge in [-0.15, -0.1) is 0 Å². The Kier molecular flexibility index (Phi) is 3.70. The van der Waals surface area contributed by atoms with Crippen LogP contribution in [0.3, 0.4) is 0 Å². The second-order valence-corrected chi connectivity index (χ2v) is 5.44. The third-order valence-electron chi connectivity index (χ3n) is 4.19. The van der Waals surface area contributed by atoms with Gasteiger partial charge in [-0.1, -0.05) is 12.1 Å². The van der Waals surface area contributed by atoms with Crippen molar-refractivity contribution in [3.63, 3.8) is 0 Å². The van der Waals surface area contributed by atoms with Crippen LogP contribution in [0.1, 0.15) is 29.0 Å². The molecular formula is C17H20N2O. The molecule has 1 aromatic carbocycles. The molecule has 3 heteroatoms. The molecule has 1 aliphatic rings. The summed E-state index contributed by atoms with van der Waals surface area (Å²) < 4.78 is 5.32. The Hall–Kier alpha value is -1.87. The number of ether oxygens (including phenoxy) is 1. The van der Waals surface area contributed by atoms with Crippen LogP contribution in [-0.2, 0) is 12.8 Å². The molecule has 3 nitrogen and oxygen atoms in total. The lowest BCUT2D eigenvalue weighted by Gasteiger charge is -2.31. The molecule has 0 unspecified atom stereocenters. The first-order chi connectivity index (χ1) is 9.78. The molecule has 20 heavy (non-hydrogen) atoms. The van der Waals surface area contributed by atoms with Gasteiger partial charge in [0.25, 0.3) is 0 Å². The van der Waals surface area contributed by atoms with E-state index in [0.717, 1.165) is 25.0 Å². The number of rotatable bonds is 3. The molecule has 104 valence electrons. The van der Waals surface area contributed by atoms with Crippen molar-refractivity contribution in [3.8, 4) is 5.75 Å². The van der Waals surface area contributed by atoms with Gasteiger partial charge >= 0.3 is 0 Å². The molecule has 0 saturated heterocycles. The van der Waals surface area contributed by atoms with E-state index in [1.807, 2.05) is 24.5 Å². The molecule has 0 fully saturated rings. The summed E-state index contributed by atoms with van der Waals surface area (Å²) in [5.41, 5.74) is 10.4. The van der Waals surface area contributed by atoms with Crippen LogP contribution in [0.25, 0.3) is 0 Å². The minimum Gasteiger partial charge on any atom is -0.497 e. The molecule has 2 atom stereocenters. The number of pyridine rings is 1. The highest BCUT2D eigenvalue weighted by Crippen LogP contribution is 2.35. The van der Waals surface area contributed by atoms with Crippen LogP contribution in [0, 0.1) is 0 Å². The molecule has 1 aromatic heterocycles. The fourth-order valence-corrected chi connectivity index (χ4v) is 3.08. The van der Waals surface area contributed by atoms with Gasteiger partial charge in [-0.25, -0.2) is 0 Å². The molecule has 0 amide bonds. The zero-order valence-corrected chi connectivity index (χ0v) is 11.8. The summed E-state index contributed by atoms with van der Waals surface area (Å²) in [6, 6.07) is 10.7. The highest BCUT2D eigenvalue weighted by Gasteiger charge is 2.27. The van der Waals surface area contributed by atoms with Gasteiger partial charge in [0.05, 0.1) is 7.11 Å². The van der Waals surface area contributed by atoms with Crippen LogP contribution >= 0.6 is 0 Å². The molecule has 0 radical (unpaired) electrons. The van der Waals surface area contributed by atoms with Crippen molar-refractivity contribution in [2.24, 2.45) is 5.73 Å². The average Bonchev–Trinajstić information content (AvgIpc) is 2.50. The van der Waals surface area contributed by atoms with Crippen molar-refractivity contribution in [3.05, 3.63) is 59.4 Å². The molecule has 2 aromatic rings. The van der Waals surface area contributed by atoms with Gasteiger partial charge in [-0.05, 0) is 54.2 Å². The lowest BCUT2D eigenvalue weighted by molar-refractivity contribution is 0.411. The highest BCUT2D eigenvalue weighted by atomic mass is 16.5. The molecule has 3 rings (SSSR count). The van der Waals surface area contributed by atoms with Gasteiger partial charge in [0.2, 0.25) is 0 Å². The van der Waals surface area contributed by atoms with E-state index < -0.39 is 0 Å². The zero-order valence-electron chi connectivity index (χ0n) is 11.8. The number of methoxy groups -OCH3 is 1. The second-order valence-electron chi connectivity index (χ2n) is 5.44. The van der Waals surface area contributed by atoms with Crippen molar-refractivity contribution in [1.82, 2.24) is 4.98 Å². The number of benzene rings is 1. The lowest BCUT2D eigenvalue weighted by atomic mass is 9.77. The summed E-state index contributed by atoms with van der Waals surface area (Å²) in [6.07, 6.45) is 6.77. The lowest BCUT2D eigenvalue weighted by Crippen LogP contribution is -2.34. The Morgan fingerprint density at radius 2 is 2.25 bits per heavy atom. The normalized spacial score (nSPS) is 21.3. The molecule has 0 bridgehead atoms. The largest absolute Gasteiger partial charge is 0.497 e. The predicted octanol–water partition coefficient (Wildman–Crippen LogP) is 2.69. The van der Waals surface area contributed by atoms with Gasteiger partial charge in [-0.2, -0.15) is 0 Å². The SMILES string of the molecule is COc1ccc2c(c1)CC[C@@H](N)[C@H]2Cc1cccnc1. The predicted molar refractivity (Wildman–Crippen MR) is 80.0 cm³/mol. The van der Waals surface area contributed by atoms with Crippen molar-refractivity contribution < 1.29 is 4.74 Å². The maximum absolute atomic E-state index is 6.36. The van der Waals surface area contributed by atoms with E-state index >= 15 is 0 Å². The quantitative estimate of drug-likeness (QED) is 0.931. The fraction of sp³-hybridized carbons (Fsp3) is 0.353. The summed E-state index contributed by atoms with van der Waals surface area (Å²) in [6.45, 7) is 0. The van der Waals surface area contributed by atoms with Gasteiger partial charge < -0.3 is 10.5 Å². The number of hydrogen-bond donors (Lipinski definition) is 1. The molecule has 1 aliphatic carbocycles. The minimum atomic E-state index is 0.219. The molecule has 1 heterocycles. The number of nitrogens with zero attached hydrogens (tertiary/aromatic N) is 1. The Balaban J connectivity index is 1.91. The Morgan fingerprint density at radius 1 is 1.35 bits per heavy atom. The third-order valence-corrected chi connectivity index (χ3v) is 4.19. The standard InChI is InChI=1S/C17H20N2O/c1-20-14-5-6-15-13(10-14)4-7-17(18)16(15)9-12-3-2-8-19-11-12/h2-3,5-6,8,10-11,16-17H,4,7,9,18H2,1H3/t16-,17+/m0/s1. The van der Waals surface area contributed by atoms with E-state index in [9.17, 15) is 0 Å². The van der Waals surface area contributed by atoms with Gasteiger partial charge in [0, 0.05) is 24.4 Å². The highest BCUT2D eigenvalue weighted by molar-refractivity contribution is 5.41. The van der Waals surface area contributed by atoms with Crippen LogP contribution in [0.15, 0.2) is 42.7 Å². The summed E-state index contributed by atoms with van der Waals surface area (Å²) in [4.78, 5) is 4.20. The van der Waals surface area contributed by atoms with Crippen LogP contribution in [-0.4, -0.2) is 18.1 Å². The molecular weight excluding hydrogens is 248 g/mol. The zero-order chi connectivity index (χ0) is 13.9. The molecule has 0 aliphatic heterocycles. The first-order valence-electron chi connectivity index (χ1n) is 7.09. The summed E-state index contributed by atoms with van der Waals surface area (Å²) >= 11 is 0. The van der Waals surface area contributed by atoms with Crippen LogP contribution < -0.4 is 10.5 Å². The van der Waals surface area contributed by atoms with Crippen molar-refractivity contribution >= 4 is 0 Å². The van der Waals surface area contributed by atoms with E-state index in [2.05, 4.69) is 23.2 Å². The fourth-order valence-electron chi connectivity index (χ4n) is 3.08. The topological polar surface area (TPSA) is 48.1 Å². The third kappa shape index (κ3) is 2.54. The molecule has 0 spiro atoms. The Morgan fingerprint density at radius 3 is 3.00 bits per heavy atom. The van der Waals surface area contributed by atoms with E-state index in [4.69, 9.17) is 10.5 Å². The number of nitrogens with two attached hydrogens (primary N) is 1. The summed E-state index contributed by atoms with van der Waals surface area (Å²) in [7, 11) is 1.71. The Labute approximate surface area is 119 Å². The summed E-state index contributed by atoms with van der Waals surface area (Å²) in [5, 5.41) is 0. The molecule has 2 N–H and O–H groups in total. The summed E-state index contributed by atoms with van der Waals surface area (Å²) in [5.74, 6) is 1.30. The first kappa shape index (κ1) is 13.1. The second kappa shape index (κ2) is 5.63. The van der Waals surface area contributed by atoms with E-state index in [0.29, 0.717) is 5.92 Å². The van der Waals surface area contributed by atoms with Gasteiger partial charge in [0.1, 0.15) is 5.75 Å². The molecule has 0 saturated carbocycles. The van der Waals surface area contributed by atoms with Crippen LogP contribution in [0.5, 0.6) is 5.75 Å². The van der Waals surface area contributed by atoms with Gasteiger partial charge in [0.15, 0.2) is 0 Å². The average molecular weight is 268 g/mol. The van der Waals surface area contributed by atoms with Crippen molar-refractivity contribution in [2.45, 2.75) is 31.2 Å². The minimum absolute atomic E-state index is 0.219. The van der Waals surface area contributed by atoms with E-state index in [1.54, 1.807) is 7.11 Å². The number of fused-ring (bicyclic) bond motifs is 1. The maximum Gasteiger partial charge on any atom is 0.119 e. The maximum atomic E-state index is 6.36. The van der Waals surface area contributed by atoms with Crippen LogP contribution in [0.2, 0.25) is 0 Å². The van der Waals surface area contributed by atoms with Crippen LogP contribution in [0.4, 0.5) is 0 Å². The number of hydrogen-bond acceptors (Lipinski definition) is 3. The first-order valence-corrected chi connectivity index (χ1v) is 7.09. The van der Waals surface area contributed by atoms with E-state index in [1.165, 1.54) is 16.7 Å². The number of aromatic nitrogens is 1. The smallest absolute Gasteiger partial charge is 0.119 e. The monoisotopic (exact) mass is 268 g/mol. The van der Waals surface area contributed by atoms with Crippen molar-refractivity contribution in [1.29, 1.82) is 0 Å².